The van der Waals surface area contributed by atoms with Crippen molar-refractivity contribution < 1.29 is 42.2 Å². The molecule has 47 heavy (non-hydrogen) atoms. The minimum Gasteiger partial charge on any atom is -0.466 e. The van der Waals surface area contributed by atoms with Crippen molar-refractivity contribution in [3.8, 4) is 0 Å². The number of anilines is 2. The Kier molecular flexibility index (Phi) is 11.6. The van der Waals surface area contributed by atoms with E-state index in [0.29, 0.717) is 30.2 Å². The summed E-state index contributed by atoms with van der Waals surface area (Å²) in [6, 6.07) is 5.15. The number of nitrogens with two attached hydrogens (primary N) is 1. The van der Waals surface area contributed by atoms with Crippen molar-refractivity contribution in [2.24, 2.45) is 5.73 Å². The number of nitrogens with one attached hydrogen (secondary N) is 5. The molecule has 8 amide bonds. The maximum atomic E-state index is 14.3. The highest BCUT2D eigenvalue weighted by atomic mass is 19.2. The highest BCUT2D eigenvalue weighted by Gasteiger charge is 2.43. The number of rotatable bonds is 10. The van der Waals surface area contributed by atoms with E-state index in [9.17, 15) is 32.8 Å². The van der Waals surface area contributed by atoms with Crippen molar-refractivity contribution in [1.82, 2.24) is 26.2 Å². The highest BCUT2D eigenvalue weighted by Crippen LogP contribution is 2.35. The molecule has 7 N–H and O–H groups in total. The molecule has 1 unspecified atom stereocenters. The van der Waals surface area contributed by atoms with Crippen LogP contribution >= 0.6 is 0 Å². The molecule has 17 heteroatoms. The third kappa shape index (κ3) is 8.50. The Hall–Kier alpha value is -5.29. The van der Waals surface area contributed by atoms with E-state index < -0.39 is 47.8 Å². The van der Waals surface area contributed by atoms with Crippen molar-refractivity contribution in [1.29, 1.82) is 0 Å². The fraction of sp³-hybridized carbons (Fsp3) is 0.367. The van der Waals surface area contributed by atoms with E-state index in [1.54, 1.807) is 12.1 Å². The quantitative estimate of drug-likeness (QED) is 0.164. The van der Waals surface area contributed by atoms with Gasteiger partial charge in [-0.2, -0.15) is 0 Å². The van der Waals surface area contributed by atoms with Crippen LogP contribution in [0.2, 0.25) is 0 Å². The average molecular weight is 659 g/mol. The van der Waals surface area contributed by atoms with Crippen LogP contribution in [0.5, 0.6) is 0 Å². The number of hydrogen-bond acceptors (Lipinski definition) is 9. The lowest BCUT2D eigenvalue weighted by Crippen LogP contribution is -2.56. The van der Waals surface area contributed by atoms with Crippen LogP contribution in [-0.4, -0.2) is 88.0 Å². The van der Waals surface area contributed by atoms with Gasteiger partial charge in [-0.3, -0.25) is 5.32 Å². The number of esters is 1. The topological polar surface area (TPSA) is 196 Å². The van der Waals surface area contributed by atoms with E-state index >= 15 is 0 Å². The maximum Gasteiger partial charge on any atom is 0.338 e. The molecule has 2 heterocycles. The highest BCUT2D eigenvalue weighted by molar-refractivity contribution is 6.02. The van der Waals surface area contributed by atoms with E-state index in [1.165, 1.54) is 13.2 Å². The third-order valence-corrected chi connectivity index (χ3v) is 7.56. The summed E-state index contributed by atoms with van der Waals surface area (Å²) in [7, 11) is 2.45. The molecule has 0 aliphatic carbocycles. The van der Waals surface area contributed by atoms with Crippen LogP contribution in [0.3, 0.4) is 0 Å². The van der Waals surface area contributed by atoms with Crippen LogP contribution in [0.15, 0.2) is 53.7 Å². The van der Waals surface area contributed by atoms with Crippen LogP contribution in [0.4, 0.5) is 39.3 Å². The molecule has 0 spiro atoms. The predicted octanol–water partition coefficient (Wildman–Crippen LogP) is 2.27. The summed E-state index contributed by atoms with van der Waals surface area (Å²) in [6.45, 7) is 1.51. The number of amides is 8. The molecular formula is C30H36F2N8O7. The number of halogens is 2. The first kappa shape index (κ1) is 34.6. The summed E-state index contributed by atoms with van der Waals surface area (Å²) in [5.41, 5.74) is 6.12. The van der Waals surface area contributed by atoms with Gasteiger partial charge in [0.05, 0.1) is 36.4 Å². The number of methoxy groups -OCH3 is 2. The van der Waals surface area contributed by atoms with Crippen molar-refractivity contribution in [2.75, 3.05) is 57.2 Å². The number of piperidine rings is 1. The summed E-state index contributed by atoms with van der Waals surface area (Å²) < 4.78 is 38.0. The molecule has 0 bridgehead atoms. The Balaban J connectivity index is 1.37. The lowest BCUT2D eigenvalue weighted by atomic mass is 9.93. The van der Waals surface area contributed by atoms with E-state index in [4.69, 9.17) is 15.2 Å². The largest absolute Gasteiger partial charge is 0.466 e. The second-order valence-corrected chi connectivity index (χ2v) is 10.6. The lowest BCUT2D eigenvalue weighted by Gasteiger charge is -2.37. The fourth-order valence-corrected chi connectivity index (χ4v) is 5.45. The summed E-state index contributed by atoms with van der Waals surface area (Å²) >= 11 is 0. The van der Waals surface area contributed by atoms with Gasteiger partial charge in [-0.05, 0) is 42.7 Å². The van der Waals surface area contributed by atoms with Gasteiger partial charge in [0.25, 0.3) is 0 Å². The lowest BCUT2D eigenvalue weighted by molar-refractivity contribution is -0.137. The molecule has 252 valence electrons. The molecular weight excluding hydrogens is 622 g/mol. The Labute approximate surface area is 268 Å². The molecule has 1 atom stereocenters. The van der Waals surface area contributed by atoms with Gasteiger partial charge in [-0.25, -0.2) is 37.7 Å². The van der Waals surface area contributed by atoms with Crippen LogP contribution in [-0.2, 0) is 14.3 Å². The van der Waals surface area contributed by atoms with Crippen molar-refractivity contribution in [2.45, 2.75) is 24.9 Å². The standard InChI is InChI=1S/C30H36F2N8O7/c1-46-16-22-24(26(41)47-2)25(17-7-8-19(31)20(32)15-17)40(30(45)37-22)29(44)35-12-11-34-18-9-13-39(14-10-18)23-6-4-3-5-21(23)36-28(43)38-27(33)42/h3-8,15,18,25,34H,9-14,16H2,1-2H3,(H,35,44)(H,37,45)(H4,33,36,38,42,43). The van der Waals surface area contributed by atoms with Crippen LogP contribution in [0, 0.1) is 11.6 Å². The Morgan fingerprint density at radius 2 is 1.74 bits per heavy atom. The number of hydrogen-bond donors (Lipinski definition) is 6. The molecule has 4 rings (SSSR count). The van der Waals surface area contributed by atoms with Gasteiger partial charge in [0, 0.05) is 39.3 Å². The number of carbonyl (C=O) groups excluding carboxylic acids is 5. The number of nitrogens with zero attached hydrogens (tertiary/aromatic N) is 2. The van der Waals surface area contributed by atoms with Gasteiger partial charge in [-0.1, -0.05) is 18.2 Å². The first-order valence-corrected chi connectivity index (χ1v) is 14.6. The maximum absolute atomic E-state index is 14.3. The first-order valence-electron chi connectivity index (χ1n) is 14.6. The zero-order chi connectivity index (χ0) is 34.1. The number of urea groups is 4. The van der Waals surface area contributed by atoms with Gasteiger partial charge in [-0.15, -0.1) is 0 Å². The van der Waals surface area contributed by atoms with Crippen LogP contribution in [0.25, 0.3) is 0 Å². The number of carbonyl (C=O) groups is 5. The number of benzene rings is 2. The van der Waals surface area contributed by atoms with E-state index in [0.717, 1.165) is 37.8 Å². The minimum atomic E-state index is -1.44. The molecule has 2 aromatic rings. The SMILES string of the molecule is COCC1=C(C(=O)OC)C(c2ccc(F)c(F)c2)N(C(=O)NCCNC2CCN(c3ccccc3NC(=O)NC(N)=O)CC2)C(=O)N1. The fourth-order valence-electron chi connectivity index (χ4n) is 5.45. The Morgan fingerprint density at radius 1 is 1.02 bits per heavy atom. The molecule has 0 aromatic heterocycles. The second kappa shape index (κ2) is 15.8. The molecule has 1 fully saturated rings. The molecule has 15 nitrogen and oxygen atoms in total. The molecule has 2 aliphatic heterocycles. The predicted molar refractivity (Wildman–Crippen MR) is 165 cm³/mol. The van der Waals surface area contributed by atoms with E-state index in [-0.39, 0.29) is 36.0 Å². The number of primary amides is 1. The monoisotopic (exact) mass is 658 g/mol. The van der Waals surface area contributed by atoms with Crippen LogP contribution in [0.1, 0.15) is 24.4 Å². The molecule has 0 radical (unpaired) electrons. The Morgan fingerprint density at radius 3 is 2.40 bits per heavy atom. The van der Waals surface area contributed by atoms with Gasteiger partial charge >= 0.3 is 30.1 Å². The second-order valence-electron chi connectivity index (χ2n) is 10.6. The van der Waals surface area contributed by atoms with Gasteiger partial charge in [0.2, 0.25) is 0 Å². The Bertz CT molecular complexity index is 1550. The summed E-state index contributed by atoms with van der Waals surface area (Å²) in [6.07, 6.45) is 1.47. The normalized spacial score (nSPS) is 16.8. The summed E-state index contributed by atoms with van der Waals surface area (Å²) in [5.74, 6) is -3.27. The van der Waals surface area contributed by atoms with E-state index in [1.807, 2.05) is 17.4 Å². The molecule has 2 aromatic carbocycles. The van der Waals surface area contributed by atoms with Crippen molar-refractivity contribution in [3.63, 3.8) is 0 Å². The van der Waals surface area contributed by atoms with Gasteiger partial charge < -0.3 is 41.4 Å². The van der Waals surface area contributed by atoms with E-state index in [2.05, 4.69) is 26.2 Å². The summed E-state index contributed by atoms with van der Waals surface area (Å²) in [5, 5.41) is 13.1. The van der Waals surface area contributed by atoms with Crippen molar-refractivity contribution in [3.05, 3.63) is 70.9 Å². The molecule has 2 aliphatic rings. The van der Waals surface area contributed by atoms with Gasteiger partial charge in [0.15, 0.2) is 11.6 Å². The number of para-hydroxylation sites is 2. The first-order chi connectivity index (χ1) is 22.5. The third-order valence-electron chi connectivity index (χ3n) is 7.56. The number of ether oxygens (including phenoxy) is 2. The number of imide groups is 2. The van der Waals surface area contributed by atoms with Gasteiger partial charge in [0.1, 0.15) is 6.04 Å². The smallest absolute Gasteiger partial charge is 0.338 e. The molecule has 0 saturated carbocycles. The zero-order valence-corrected chi connectivity index (χ0v) is 25.7. The molecule has 1 saturated heterocycles. The minimum absolute atomic E-state index is 0.0171. The van der Waals surface area contributed by atoms with Crippen LogP contribution < -0.4 is 37.2 Å². The van der Waals surface area contributed by atoms with Crippen molar-refractivity contribution >= 4 is 41.5 Å². The summed E-state index contributed by atoms with van der Waals surface area (Å²) in [4.78, 5) is 65.1. The zero-order valence-electron chi connectivity index (χ0n) is 25.7. The average Bonchev–Trinajstić information content (AvgIpc) is 3.04.